The van der Waals surface area contributed by atoms with E-state index < -0.39 is 0 Å². The molecule has 3 unspecified atom stereocenters. The fraction of sp³-hybridized carbons (Fsp3) is 0.558. The number of aryl methyl sites for hydroxylation is 1. The molecule has 282 valence electrons. The number of likely N-dealkylation sites (N-methyl/N-ethyl adjacent to an activating group) is 1. The lowest BCUT2D eigenvalue weighted by atomic mass is 9.97. The molecule has 0 saturated carbocycles. The number of carbonyl (C=O) groups excluding carboxylic acids is 1. The van der Waals surface area contributed by atoms with E-state index >= 15 is 0 Å². The number of nitrogens with two attached hydrogens (primary N) is 1. The van der Waals surface area contributed by atoms with Gasteiger partial charge in [0.05, 0.1) is 6.04 Å². The molecule has 2 rings (SSSR count). The lowest BCUT2D eigenvalue weighted by Crippen LogP contribution is -2.39. The molecule has 1 aromatic carbocycles. The average Bonchev–Trinajstić information content (AvgIpc) is 3.66. The lowest BCUT2D eigenvalue weighted by Gasteiger charge is -2.33. The van der Waals surface area contributed by atoms with E-state index in [1.54, 1.807) is 12.3 Å². The Morgan fingerprint density at radius 1 is 1.02 bits per heavy atom. The highest BCUT2D eigenvalue weighted by Gasteiger charge is 2.21. The zero-order valence-corrected chi connectivity index (χ0v) is 34.6. The summed E-state index contributed by atoms with van der Waals surface area (Å²) in [7, 11) is 1.50. The highest BCUT2D eigenvalue weighted by molar-refractivity contribution is 7.79. The number of likely N-dealkylation sites (tertiary alicyclic amines) is 1. The number of hydrogen-bond donors (Lipinski definition) is 3. The van der Waals surface area contributed by atoms with Gasteiger partial charge in [-0.2, -0.15) is 12.6 Å². The molecule has 0 radical (unpaired) electrons. The van der Waals surface area contributed by atoms with Crippen molar-refractivity contribution in [3.05, 3.63) is 103 Å². The molecule has 49 heavy (non-hydrogen) atoms. The molecule has 0 amide bonds. The van der Waals surface area contributed by atoms with Gasteiger partial charge in [0.25, 0.3) is 0 Å². The van der Waals surface area contributed by atoms with Gasteiger partial charge in [-0.1, -0.05) is 134 Å². The van der Waals surface area contributed by atoms with Crippen LogP contribution in [0, 0.1) is 12.8 Å². The van der Waals surface area contributed by atoms with Crippen LogP contribution in [0.15, 0.2) is 97.2 Å². The Bertz CT molecular complexity index is 1010. The smallest absolute Gasteiger partial charge is 0.106 e. The Morgan fingerprint density at radius 3 is 2.12 bits per heavy atom. The Morgan fingerprint density at radius 2 is 1.61 bits per heavy atom. The molecular weight excluding hydrogens is 621 g/mol. The normalized spacial score (nSPS) is 14.4. The van der Waals surface area contributed by atoms with Gasteiger partial charge in [-0.15, -0.1) is 0 Å². The van der Waals surface area contributed by atoms with Crippen LogP contribution in [0.25, 0.3) is 0 Å². The van der Waals surface area contributed by atoms with Crippen molar-refractivity contribution in [2.75, 3.05) is 51.3 Å². The standard InChI is InChI=1S/C29H42N2.C9H19N.C2H6.CH5N.CH2O.CH4S/c1-8-11-13-15-20-26(6)29(25(5)19-14-12-9-2)31(10-3)23-22-27(7)30-28-21-17-16-18-24(28)4;1-3-9(2)8-10-6-4-5-7-10;4*1-2/h9,11-21,27,29-30H,2,6,8,10,22-23H2,1,3-5,7H3;9H,3-8H2,1-2H3;1-2H3;2H2,1H3;1H2;2H,1H3/b13-11-,14-12-,20-15-,25-19+;;;;;. The van der Waals surface area contributed by atoms with Crippen molar-refractivity contribution in [1.82, 2.24) is 9.80 Å². The van der Waals surface area contributed by atoms with Crippen molar-refractivity contribution in [1.29, 1.82) is 0 Å². The molecule has 3 N–H and O–H groups in total. The summed E-state index contributed by atoms with van der Waals surface area (Å²) in [5.74, 6) is 0.901. The van der Waals surface area contributed by atoms with Crippen LogP contribution in [0.4, 0.5) is 5.69 Å². The third kappa shape index (κ3) is 27.8. The molecule has 1 aliphatic rings. The van der Waals surface area contributed by atoms with Crippen LogP contribution in [0.3, 0.4) is 0 Å². The van der Waals surface area contributed by atoms with E-state index in [0.717, 1.165) is 37.4 Å². The van der Waals surface area contributed by atoms with Gasteiger partial charge >= 0.3 is 0 Å². The summed E-state index contributed by atoms with van der Waals surface area (Å²) in [5.41, 5.74) is 9.40. The SMILES string of the molecule is C=C/C=C\C=C(/C)C(C(=C)/C=C\C=C/CC)N(CC)CCC(C)Nc1ccccc1C.C=O.CC.CCC(C)CN1CCCC1.CN.CS. The number of thiol groups is 1. The number of para-hydroxylation sites is 1. The average molecular weight is 699 g/mol. The molecule has 5 nitrogen and oxygen atoms in total. The fourth-order valence-corrected chi connectivity index (χ4v) is 5.11. The Balaban J connectivity index is -0.000000464. The van der Waals surface area contributed by atoms with Crippen LogP contribution in [0.2, 0.25) is 0 Å². The van der Waals surface area contributed by atoms with Gasteiger partial charge in [-0.3, -0.25) is 4.90 Å². The Hall–Kier alpha value is -2.64. The van der Waals surface area contributed by atoms with Crippen molar-refractivity contribution in [2.24, 2.45) is 11.7 Å². The van der Waals surface area contributed by atoms with E-state index in [1.165, 1.54) is 62.8 Å². The fourth-order valence-electron chi connectivity index (χ4n) is 5.11. The van der Waals surface area contributed by atoms with Crippen LogP contribution < -0.4 is 11.1 Å². The Kier molecular flexibility index (Phi) is 43.2. The zero-order valence-electron chi connectivity index (χ0n) is 33.7. The first-order chi connectivity index (χ1) is 23.8. The van der Waals surface area contributed by atoms with Crippen LogP contribution in [-0.4, -0.2) is 74.7 Å². The van der Waals surface area contributed by atoms with Crippen molar-refractivity contribution in [3.8, 4) is 0 Å². The minimum Gasteiger partial charge on any atom is -0.382 e. The first-order valence-corrected chi connectivity index (χ1v) is 19.2. The number of hydrogen-bond acceptors (Lipinski definition) is 6. The minimum atomic E-state index is 0.177. The number of nitrogens with one attached hydrogen (secondary N) is 1. The van der Waals surface area contributed by atoms with Gasteiger partial charge < -0.3 is 20.7 Å². The Labute approximate surface area is 311 Å². The minimum absolute atomic E-state index is 0.177. The number of allylic oxidation sites excluding steroid dienone is 7. The van der Waals surface area contributed by atoms with Gasteiger partial charge in [0.2, 0.25) is 0 Å². The number of anilines is 1. The topological polar surface area (TPSA) is 61.6 Å². The third-order valence-corrected chi connectivity index (χ3v) is 7.82. The predicted molar refractivity (Wildman–Crippen MR) is 229 cm³/mol. The van der Waals surface area contributed by atoms with Gasteiger partial charge in [-0.05, 0) is 103 Å². The van der Waals surface area contributed by atoms with E-state index in [-0.39, 0.29) is 6.04 Å². The maximum absolute atomic E-state index is 8.00. The van der Waals surface area contributed by atoms with Gasteiger partial charge in [0.15, 0.2) is 0 Å². The van der Waals surface area contributed by atoms with Gasteiger partial charge in [-0.25, -0.2) is 0 Å². The predicted octanol–water partition coefficient (Wildman–Crippen LogP) is 10.7. The van der Waals surface area contributed by atoms with Crippen LogP contribution in [0.1, 0.15) is 93.1 Å². The van der Waals surface area contributed by atoms with Gasteiger partial charge in [0.1, 0.15) is 6.79 Å². The quantitative estimate of drug-likeness (QED) is 0.112. The highest BCUT2D eigenvalue weighted by atomic mass is 32.1. The van der Waals surface area contributed by atoms with Crippen LogP contribution >= 0.6 is 12.6 Å². The number of carbonyl (C=O) groups is 1. The molecule has 1 saturated heterocycles. The molecule has 0 spiro atoms. The second-order valence-electron chi connectivity index (χ2n) is 11.5. The second-order valence-corrected chi connectivity index (χ2v) is 11.5. The summed E-state index contributed by atoms with van der Waals surface area (Å²) in [6.07, 6.45) is 24.5. The van der Waals surface area contributed by atoms with Crippen molar-refractivity contribution < 1.29 is 4.79 Å². The molecular formula is C43H78N4OS. The maximum Gasteiger partial charge on any atom is 0.106 e. The van der Waals surface area contributed by atoms with Crippen molar-refractivity contribution >= 4 is 25.1 Å². The van der Waals surface area contributed by atoms with Crippen LogP contribution in [-0.2, 0) is 4.79 Å². The first kappa shape index (κ1) is 53.2. The highest BCUT2D eigenvalue weighted by Crippen LogP contribution is 2.21. The molecule has 0 aliphatic carbocycles. The zero-order chi connectivity index (χ0) is 38.5. The molecule has 6 heteroatoms. The van der Waals surface area contributed by atoms with E-state index in [1.807, 2.05) is 26.7 Å². The lowest BCUT2D eigenvalue weighted by molar-refractivity contribution is -0.0980. The number of benzene rings is 1. The molecule has 0 bridgehead atoms. The summed E-state index contributed by atoms with van der Waals surface area (Å²) in [6, 6.07) is 9.04. The summed E-state index contributed by atoms with van der Waals surface area (Å²) in [6.45, 7) is 35.8. The molecule has 1 aliphatic heterocycles. The molecule has 3 atom stereocenters. The summed E-state index contributed by atoms with van der Waals surface area (Å²) in [4.78, 5) is 13.1. The van der Waals surface area contributed by atoms with Crippen LogP contribution in [0.5, 0.6) is 0 Å². The molecule has 1 aromatic rings. The van der Waals surface area contributed by atoms with E-state index in [4.69, 9.17) is 4.79 Å². The monoisotopic (exact) mass is 699 g/mol. The maximum atomic E-state index is 8.00. The van der Waals surface area contributed by atoms with Gasteiger partial charge in [0, 0.05) is 24.8 Å². The van der Waals surface area contributed by atoms with Crippen molar-refractivity contribution in [3.63, 3.8) is 0 Å². The summed E-state index contributed by atoms with van der Waals surface area (Å²) >= 11 is 3.53. The van der Waals surface area contributed by atoms with Crippen molar-refractivity contribution in [2.45, 2.75) is 107 Å². The summed E-state index contributed by atoms with van der Waals surface area (Å²) < 4.78 is 0. The molecule has 1 fully saturated rings. The molecule has 0 aromatic heterocycles. The van der Waals surface area contributed by atoms with E-state index in [0.29, 0.717) is 6.04 Å². The third-order valence-electron chi connectivity index (χ3n) is 7.82. The largest absolute Gasteiger partial charge is 0.382 e. The molecule has 1 heterocycles. The first-order valence-electron chi connectivity index (χ1n) is 18.3. The van der Waals surface area contributed by atoms with E-state index in [2.05, 4.69) is 156 Å². The summed E-state index contributed by atoms with van der Waals surface area (Å²) in [5, 5.41) is 3.67. The van der Waals surface area contributed by atoms with E-state index in [9.17, 15) is 0 Å². The number of rotatable bonds is 17. The second kappa shape index (κ2) is 39.8. The number of nitrogens with zero attached hydrogens (tertiary/aromatic N) is 2.